The van der Waals surface area contributed by atoms with E-state index in [0.29, 0.717) is 11.1 Å². The van der Waals surface area contributed by atoms with Crippen molar-refractivity contribution in [1.82, 2.24) is 4.57 Å². The predicted octanol–water partition coefficient (Wildman–Crippen LogP) is 7.34. The Morgan fingerprint density at radius 1 is 0.590 bits per heavy atom. The zero-order valence-electron chi connectivity index (χ0n) is 21.4. The molecule has 39 heavy (non-hydrogen) atoms. The second kappa shape index (κ2) is 8.99. The topological polar surface area (TPSA) is 45.6 Å². The fourth-order valence-electron chi connectivity index (χ4n) is 5.82. The molecule has 1 aliphatic rings. The number of carbonyl (C=O) groups is 2. The second-order valence-corrected chi connectivity index (χ2v) is 9.82. The number of hydrogen-bond donors (Lipinski definition) is 0. The zero-order valence-corrected chi connectivity index (χ0v) is 21.4. The van der Waals surface area contributed by atoms with Crippen LogP contribution in [0.2, 0.25) is 0 Å². The third-order valence-corrected chi connectivity index (χ3v) is 7.55. The van der Waals surface area contributed by atoms with Gasteiger partial charge < -0.3 is 4.57 Å². The van der Waals surface area contributed by atoms with Crippen LogP contribution in [0.25, 0.3) is 21.7 Å². The number of aryl methyl sites for hydroxylation is 1. The van der Waals surface area contributed by atoms with Crippen LogP contribution in [0.4, 0.5) is 11.4 Å². The number of anilines is 2. The van der Waals surface area contributed by atoms with Gasteiger partial charge >= 0.3 is 0 Å². The highest BCUT2D eigenvalue weighted by Gasteiger charge is 2.42. The van der Waals surface area contributed by atoms with Crippen molar-refractivity contribution in [3.8, 4) is 0 Å². The Hall–Kier alpha value is -5.16. The molecule has 7 rings (SSSR count). The number of rotatable bonds is 3. The Morgan fingerprint density at radius 3 is 1.67 bits per heavy atom. The van der Waals surface area contributed by atoms with Crippen molar-refractivity contribution in [3.63, 3.8) is 0 Å². The third-order valence-electron chi connectivity index (χ3n) is 7.55. The summed E-state index contributed by atoms with van der Waals surface area (Å²) < 4.78 is 2.06. The molecule has 1 aliphatic heterocycles. The van der Waals surface area contributed by atoms with Crippen molar-refractivity contribution >= 4 is 44.9 Å². The van der Waals surface area contributed by atoms with Crippen LogP contribution in [-0.4, -0.2) is 16.4 Å². The van der Waals surface area contributed by atoms with Gasteiger partial charge in [-0.05, 0) is 47.9 Å². The van der Waals surface area contributed by atoms with Crippen molar-refractivity contribution < 1.29 is 9.59 Å². The Morgan fingerprint density at radius 2 is 1.10 bits per heavy atom. The van der Waals surface area contributed by atoms with Crippen LogP contribution in [0.5, 0.6) is 0 Å². The summed E-state index contributed by atoms with van der Waals surface area (Å²) in [4.78, 5) is 32.5. The van der Waals surface area contributed by atoms with Crippen LogP contribution in [0.3, 0.4) is 0 Å². The third kappa shape index (κ3) is 3.55. The lowest BCUT2D eigenvalue weighted by Gasteiger charge is -2.44. The van der Waals surface area contributed by atoms with Crippen molar-refractivity contribution in [1.29, 1.82) is 0 Å². The maximum absolute atomic E-state index is 14.5. The van der Waals surface area contributed by atoms with Crippen LogP contribution in [0.15, 0.2) is 128 Å². The van der Waals surface area contributed by atoms with E-state index < -0.39 is 6.17 Å². The van der Waals surface area contributed by atoms with E-state index in [-0.39, 0.29) is 11.8 Å². The SMILES string of the molecule is Cn1cc(C2N(C(=O)c3ccccc3)c3cccc4cccc(c34)N2C(=O)c2ccccc2)c2ccccc21. The minimum atomic E-state index is -0.711. The number of hydrogen-bond acceptors (Lipinski definition) is 2. The summed E-state index contributed by atoms with van der Waals surface area (Å²) in [5, 5.41) is 2.84. The van der Waals surface area contributed by atoms with Gasteiger partial charge in [-0.3, -0.25) is 19.4 Å². The fourth-order valence-corrected chi connectivity index (χ4v) is 5.82. The van der Waals surface area contributed by atoms with Crippen molar-refractivity contribution in [2.75, 3.05) is 9.80 Å². The molecule has 0 bridgehead atoms. The van der Waals surface area contributed by atoms with Gasteiger partial charge in [0.05, 0.1) is 11.4 Å². The zero-order chi connectivity index (χ0) is 26.5. The van der Waals surface area contributed by atoms with E-state index in [0.717, 1.165) is 38.6 Å². The van der Waals surface area contributed by atoms with E-state index in [2.05, 4.69) is 16.7 Å². The molecule has 0 atom stereocenters. The number of carbonyl (C=O) groups excluding carboxylic acids is 2. The van der Waals surface area contributed by atoms with Crippen molar-refractivity contribution in [3.05, 3.63) is 144 Å². The monoisotopic (exact) mass is 507 g/mol. The summed E-state index contributed by atoms with van der Waals surface area (Å²) in [5.74, 6) is -0.331. The molecule has 0 saturated heterocycles. The molecule has 2 heterocycles. The van der Waals surface area contributed by atoms with E-state index in [1.54, 1.807) is 9.80 Å². The molecule has 1 aromatic heterocycles. The molecular formula is C34H25N3O2. The number of para-hydroxylation sites is 1. The minimum absolute atomic E-state index is 0.165. The first-order chi connectivity index (χ1) is 19.1. The van der Waals surface area contributed by atoms with Gasteiger partial charge in [0.1, 0.15) is 6.17 Å². The van der Waals surface area contributed by atoms with Gasteiger partial charge in [0.2, 0.25) is 0 Å². The lowest BCUT2D eigenvalue weighted by atomic mass is 9.96. The second-order valence-electron chi connectivity index (χ2n) is 9.82. The number of benzene rings is 5. The molecule has 5 heteroatoms. The average molecular weight is 508 g/mol. The van der Waals surface area contributed by atoms with Crippen LogP contribution in [0, 0.1) is 0 Å². The van der Waals surface area contributed by atoms with Crippen LogP contribution < -0.4 is 9.80 Å². The summed E-state index contributed by atoms with van der Waals surface area (Å²) in [7, 11) is 2.00. The van der Waals surface area contributed by atoms with Gasteiger partial charge in [-0.25, -0.2) is 0 Å². The first kappa shape index (κ1) is 23.0. The molecular weight excluding hydrogens is 482 g/mol. The maximum Gasteiger partial charge on any atom is 0.260 e. The summed E-state index contributed by atoms with van der Waals surface area (Å²) >= 11 is 0. The predicted molar refractivity (Wildman–Crippen MR) is 156 cm³/mol. The van der Waals surface area contributed by atoms with E-state index >= 15 is 0 Å². The van der Waals surface area contributed by atoms with Crippen LogP contribution >= 0.6 is 0 Å². The summed E-state index contributed by atoms with van der Waals surface area (Å²) in [5.41, 5.74) is 4.61. The quantitative estimate of drug-likeness (QED) is 0.252. The van der Waals surface area contributed by atoms with Gasteiger partial charge in [-0.2, -0.15) is 0 Å². The van der Waals surface area contributed by atoms with Crippen molar-refractivity contribution in [2.24, 2.45) is 7.05 Å². The van der Waals surface area contributed by atoms with Gasteiger partial charge in [0, 0.05) is 46.2 Å². The highest BCUT2D eigenvalue weighted by atomic mass is 16.2. The molecule has 0 N–H and O–H groups in total. The Kier molecular flexibility index (Phi) is 5.30. The van der Waals surface area contributed by atoms with E-state index in [4.69, 9.17) is 0 Å². The maximum atomic E-state index is 14.5. The summed E-state index contributed by atoms with van der Waals surface area (Å²) in [6, 6.07) is 38.6. The normalized spacial score (nSPS) is 13.3. The van der Waals surface area contributed by atoms with Gasteiger partial charge in [0.25, 0.3) is 11.8 Å². The van der Waals surface area contributed by atoms with Gasteiger partial charge in [-0.1, -0.05) is 78.9 Å². The summed E-state index contributed by atoms with van der Waals surface area (Å²) in [6.07, 6.45) is 1.33. The number of fused-ring (bicyclic) bond motifs is 1. The van der Waals surface area contributed by atoms with E-state index in [1.807, 2.05) is 122 Å². The van der Waals surface area contributed by atoms with Crippen LogP contribution in [-0.2, 0) is 7.05 Å². The van der Waals surface area contributed by atoms with E-state index in [1.165, 1.54) is 0 Å². The van der Waals surface area contributed by atoms with Crippen molar-refractivity contribution in [2.45, 2.75) is 6.17 Å². The lowest BCUT2D eigenvalue weighted by molar-refractivity contribution is 0.0947. The first-order valence-corrected chi connectivity index (χ1v) is 13.0. The molecule has 0 unspecified atom stereocenters. The Bertz CT molecular complexity index is 1780. The number of amides is 2. The van der Waals surface area contributed by atoms with Gasteiger partial charge in [0.15, 0.2) is 0 Å². The average Bonchev–Trinajstić information content (AvgIpc) is 3.33. The first-order valence-electron chi connectivity index (χ1n) is 13.0. The fraction of sp³-hybridized carbons (Fsp3) is 0.0588. The number of nitrogens with zero attached hydrogens (tertiary/aromatic N) is 3. The molecule has 5 nitrogen and oxygen atoms in total. The molecule has 0 fully saturated rings. The molecule has 188 valence electrons. The van der Waals surface area contributed by atoms with E-state index in [9.17, 15) is 9.59 Å². The Balaban J connectivity index is 1.58. The lowest BCUT2D eigenvalue weighted by Crippen LogP contribution is -2.50. The Labute approximate surface area is 226 Å². The molecule has 0 spiro atoms. The smallest absolute Gasteiger partial charge is 0.260 e. The highest BCUT2D eigenvalue weighted by Crippen LogP contribution is 2.49. The highest BCUT2D eigenvalue weighted by molar-refractivity contribution is 6.21. The van der Waals surface area contributed by atoms with Gasteiger partial charge in [-0.15, -0.1) is 0 Å². The molecule has 2 amide bonds. The molecule has 0 saturated carbocycles. The van der Waals surface area contributed by atoms with Crippen LogP contribution in [0.1, 0.15) is 32.4 Å². The largest absolute Gasteiger partial charge is 0.350 e. The molecule has 6 aromatic rings. The number of aromatic nitrogens is 1. The standard InChI is InChI=1S/C34H25N3O2/c1-35-22-27(26-18-8-9-19-28(26)35)32-36(33(38)24-12-4-2-5-13-24)29-20-10-16-23-17-11-21-30(31(23)29)37(32)34(39)25-14-6-3-7-15-25/h2-22,32H,1H3. The molecule has 0 radical (unpaired) electrons. The summed E-state index contributed by atoms with van der Waals surface area (Å²) in [6.45, 7) is 0. The molecule has 5 aromatic carbocycles. The molecule has 0 aliphatic carbocycles. The minimum Gasteiger partial charge on any atom is -0.350 e.